The topological polar surface area (TPSA) is 32.3 Å². The summed E-state index contributed by atoms with van der Waals surface area (Å²) in [6.45, 7) is 5.71. The molecule has 1 saturated carbocycles. The van der Waals surface area contributed by atoms with E-state index in [0.717, 1.165) is 31.2 Å². The van der Waals surface area contributed by atoms with Gasteiger partial charge in [0.1, 0.15) is 0 Å². The molecule has 0 spiro atoms. The van der Waals surface area contributed by atoms with Crippen LogP contribution < -0.4 is 5.32 Å². The molecule has 2 heteroatoms. The van der Waals surface area contributed by atoms with Gasteiger partial charge >= 0.3 is 0 Å². The van der Waals surface area contributed by atoms with E-state index >= 15 is 0 Å². The molecule has 0 amide bonds. The van der Waals surface area contributed by atoms with Crippen LogP contribution in [-0.2, 0) is 0 Å². The molecule has 1 fully saturated rings. The first-order valence-corrected chi connectivity index (χ1v) is 7.22. The van der Waals surface area contributed by atoms with Gasteiger partial charge in [0.15, 0.2) is 0 Å². The fourth-order valence-corrected chi connectivity index (χ4v) is 3.52. The summed E-state index contributed by atoms with van der Waals surface area (Å²) in [4.78, 5) is 0. The highest BCUT2D eigenvalue weighted by Crippen LogP contribution is 2.28. The molecule has 17 heavy (non-hydrogen) atoms. The molecular formula is C15H27NO. The van der Waals surface area contributed by atoms with Crippen molar-refractivity contribution in [1.82, 2.24) is 5.32 Å². The zero-order chi connectivity index (χ0) is 12.3. The monoisotopic (exact) mass is 237 g/mol. The third-order valence-corrected chi connectivity index (χ3v) is 4.23. The summed E-state index contributed by atoms with van der Waals surface area (Å²) in [5.41, 5.74) is 1.55. The van der Waals surface area contributed by atoms with Crippen LogP contribution >= 0.6 is 0 Å². The fourth-order valence-electron chi connectivity index (χ4n) is 3.52. The second-order valence-corrected chi connectivity index (χ2v) is 6.22. The molecule has 0 bridgehead atoms. The lowest BCUT2D eigenvalue weighted by Gasteiger charge is -2.31. The Bertz CT molecular complexity index is 274. The highest BCUT2D eigenvalue weighted by molar-refractivity contribution is 5.06. The van der Waals surface area contributed by atoms with Gasteiger partial charge in [-0.05, 0) is 63.8 Å². The number of hydrogen-bond donors (Lipinski definition) is 2. The third kappa shape index (κ3) is 4.11. The average molecular weight is 237 g/mol. The Morgan fingerprint density at radius 3 is 2.88 bits per heavy atom. The number of hydrogen-bond acceptors (Lipinski definition) is 2. The van der Waals surface area contributed by atoms with Crippen LogP contribution in [0.2, 0.25) is 0 Å². The lowest BCUT2D eigenvalue weighted by atomic mass is 9.83. The highest BCUT2D eigenvalue weighted by Gasteiger charge is 2.22. The van der Waals surface area contributed by atoms with Crippen LogP contribution in [0.1, 0.15) is 52.4 Å². The lowest BCUT2D eigenvalue weighted by Crippen LogP contribution is -2.39. The maximum atomic E-state index is 9.65. The Morgan fingerprint density at radius 2 is 2.18 bits per heavy atom. The van der Waals surface area contributed by atoms with E-state index in [-0.39, 0.29) is 6.10 Å². The summed E-state index contributed by atoms with van der Waals surface area (Å²) in [6.07, 6.45) is 9.31. The summed E-state index contributed by atoms with van der Waals surface area (Å²) in [6, 6.07) is 0.556. The molecule has 0 aliphatic heterocycles. The Labute approximate surface area is 105 Å². The number of aliphatic hydroxyl groups excluding tert-OH is 1. The first-order chi connectivity index (χ1) is 8.13. The fraction of sp³-hybridized carbons (Fsp3) is 0.867. The molecule has 2 N–H and O–H groups in total. The van der Waals surface area contributed by atoms with Gasteiger partial charge < -0.3 is 10.4 Å². The van der Waals surface area contributed by atoms with Crippen LogP contribution in [0, 0.1) is 11.8 Å². The summed E-state index contributed by atoms with van der Waals surface area (Å²) in [5.74, 6) is 1.54. The molecule has 4 atom stereocenters. The number of rotatable bonds is 3. The van der Waals surface area contributed by atoms with Crippen LogP contribution in [-0.4, -0.2) is 23.8 Å². The third-order valence-electron chi connectivity index (χ3n) is 4.23. The average Bonchev–Trinajstić information content (AvgIpc) is 2.25. The minimum atomic E-state index is -0.0619. The standard InChI is InChI=1S/C15H27NO/c1-11-6-12(2)8-13(7-11)10-16-14-4-3-5-15(17)9-14/h6,11,13-17H,3-5,7-10H2,1-2H3. The molecule has 0 aromatic carbocycles. The Hall–Kier alpha value is -0.340. The smallest absolute Gasteiger partial charge is 0.0555 e. The maximum absolute atomic E-state index is 9.65. The van der Waals surface area contributed by atoms with Crippen molar-refractivity contribution in [2.24, 2.45) is 11.8 Å². The largest absolute Gasteiger partial charge is 0.393 e. The van der Waals surface area contributed by atoms with Gasteiger partial charge in [0.25, 0.3) is 0 Å². The van der Waals surface area contributed by atoms with Crippen molar-refractivity contribution in [1.29, 1.82) is 0 Å². The molecule has 0 aromatic heterocycles. The molecule has 2 aliphatic carbocycles. The molecule has 2 nitrogen and oxygen atoms in total. The van der Waals surface area contributed by atoms with Crippen molar-refractivity contribution in [3.63, 3.8) is 0 Å². The Balaban J connectivity index is 1.73. The van der Waals surface area contributed by atoms with Crippen molar-refractivity contribution in [3.05, 3.63) is 11.6 Å². The van der Waals surface area contributed by atoms with Gasteiger partial charge in [-0.15, -0.1) is 0 Å². The molecule has 98 valence electrons. The van der Waals surface area contributed by atoms with E-state index < -0.39 is 0 Å². The van der Waals surface area contributed by atoms with E-state index in [4.69, 9.17) is 0 Å². The minimum Gasteiger partial charge on any atom is -0.393 e. The zero-order valence-electron chi connectivity index (χ0n) is 11.3. The molecule has 2 aliphatic rings. The van der Waals surface area contributed by atoms with Crippen molar-refractivity contribution in [2.45, 2.75) is 64.5 Å². The van der Waals surface area contributed by atoms with Crippen molar-refractivity contribution < 1.29 is 5.11 Å². The highest BCUT2D eigenvalue weighted by atomic mass is 16.3. The van der Waals surface area contributed by atoms with E-state index in [1.54, 1.807) is 5.57 Å². The number of aliphatic hydroxyl groups is 1. The van der Waals surface area contributed by atoms with E-state index in [1.807, 2.05) is 0 Å². The van der Waals surface area contributed by atoms with E-state index in [1.165, 1.54) is 25.7 Å². The summed E-state index contributed by atoms with van der Waals surface area (Å²) >= 11 is 0. The van der Waals surface area contributed by atoms with E-state index in [0.29, 0.717) is 6.04 Å². The number of allylic oxidation sites excluding steroid dienone is 2. The van der Waals surface area contributed by atoms with Gasteiger partial charge in [-0.2, -0.15) is 0 Å². The van der Waals surface area contributed by atoms with E-state index in [2.05, 4.69) is 25.2 Å². The van der Waals surface area contributed by atoms with Crippen LogP contribution in [0.5, 0.6) is 0 Å². The molecule has 0 saturated heterocycles. The van der Waals surface area contributed by atoms with Gasteiger partial charge in [0.05, 0.1) is 6.10 Å². The van der Waals surface area contributed by atoms with Gasteiger partial charge in [0, 0.05) is 6.04 Å². The Morgan fingerprint density at radius 1 is 1.35 bits per heavy atom. The predicted molar refractivity (Wildman–Crippen MR) is 71.9 cm³/mol. The molecular weight excluding hydrogens is 210 g/mol. The zero-order valence-corrected chi connectivity index (χ0v) is 11.3. The van der Waals surface area contributed by atoms with Gasteiger partial charge in [-0.3, -0.25) is 0 Å². The molecule has 0 heterocycles. The van der Waals surface area contributed by atoms with Crippen LogP contribution in [0.25, 0.3) is 0 Å². The van der Waals surface area contributed by atoms with Gasteiger partial charge in [0.2, 0.25) is 0 Å². The first kappa shape index (κ1) is 13.1. The SMILES string of the molecule is CC1=CC(C)CC(CNC2CCCC(O)C2)C1. The summed E-state index contributed by atoms with van der Waals surface area (Å²) in [5, 5.41) is 13.3. The van der Waals surface area contributed by atoms with Crippen molar-refractivity contribution in [3.8, 4) is 0 Å². The van der Waals surface area contributed by atoms with Gasteiger partial charge in [-0.1, -0.05) is 18.6 Å². The Kier molecular flexibility index (Phi) is 4.63. The van der Waals surface area contributed by atoms with Gasteiger partial charge in [-0.25, -0.2) is 0 Å². The normalized spacial score (nSPS) is 38.9. The molecule has 0 radical (unpaired) electrons. The molecule has 0 aromatic rings. The lowest BCUT2D eigenvalue weighted by molar-refractivity contribution is 0.110. The summed E-state index contributed by atoms with van der Waals surface area (Å²) < 4.78 is 0. The minimum absolute atomic E-state index is 0.0619. The second kappa shape index (κ2) is 6.01. The summed E-state index contributed by atoms with van der Waals surface area (Å²) in [7, 11) is 0. The van der Waals surface area contributed by atoms with E-state index in [9.17, 15) is 5.11 Å². The van der Waals surface area contributed by atoms with Crippen LogP contribution in [0.3, 0.4) is 0 Å². The maximum Gasteiger partial charge on any atom is 0.0555 e. The predicted octanol–water partition coefficient (Wildman–Crippen LogP) is 2.87. The molecule has 4 unspecified atom stereocenters. The van der Waals surface area contributed by atoms with Crippen molar-refractivity contribution >= 4 is 0 Å². The second-order valence-electron chi connectivity index (χ2n) is 6.22. The van der Waals surface area contributed by atoms with Crippen molar-refractivity contribution in [2.75, 3.05) is 6.54 Å². The van der Waals surface area contributed by atoms with Crippen LogP contribution in [0.4, 0.5) is 0 Å². The molecule has 2 rings (SSSR count). The van der Waals surface area contributed by atoms with Crippen LogP contribution in [0.15, 0.2) is 11.6 Å². The quantitative estimate of drug-likeness (QED) is 0.740. The first-order valence-electron chi connectivity index (χ1n) is 7.22. The number of nitrogens with one attached hydrogen (secondary N) is 1.